The van der Waals surface area contributed by atoms with Gasteiger partial charge in [-0.15, -0.1) is 0 Å². The summed E-state index contributed by atoms with van der Waals surface area (Å²) in [6, 6.07) is 7.54. The second-order valence-corrected chi connectivity index (χ2v) is 3.56. The summed E-state index contributed by atoms with van der Waals surface area (Å²) >= 11 is 0. The Morgan fingerprint density at radius 3 is 2.54 bits per heavy atom. The molecule has 1 aliphatic rings. The molecule has 0 spiro atoms. The maximum atomic E-state index is 9.14. The van der Waals surface area contributed by atoms with E-state index in [1.807, 2.05) is 12.1 Å². The first kappa shape index (κ1) is 8.36. The monoisotopic (exact) mass is 174 g/mol. The quantitative estimate of drug-likeness (QED) is 0.648. The number of rotatable bonds is 1. The fourth-order valence-electron chi connectivity index (χ4n) is 1.81. The summed E-state index contributed by atoms with van der Waals surface area (Å²) in [6.07, 6.45) is 8.26. The van der Waals surface area contributed by atoms with Gasteiger partial charge in [-0.1, -0.05) is 24.3 Å². The molecule has 0 heterocycles. The van der Waals surface area contributed by atoms with Crippen molar-refractivity contribution in [2.75, 3.05) is 0 Å². The Labute approximate surface area is 78.7 Å². The fraction of sp³-hybridized carbons (Fsp3) is 0.333. The lowest BCUT2D eigenvalue weighted by molar-refractivity contribution is 0.475. The Kier molecular flexibility index (Phi) is 2.35. The van der Waals surface area contributed by atoms with Crippen LogP contribution >= 0.6 is 0 Å². The SMILES string of the molecule is Oc1ccc(C2C=CCCC2)cc1. The zero-order valence-corrected chi connectivity index (χ0v) is 7.61. The van der Waals surface area contributed by atoms with Crippen molar-refractivity contribution < 1.29 is 5.11 Å². The zero-order valence-electron chi connectivity index (χ0n) is 7.61. The minimum Gasteiger partial charge on any atom is -0.508 e. The van der Waals surface area contributed by atoms with Gasteiger partial charge in [-0.05, 0) is 37.0 Å². The van der Waals surface area contributed by atoms with E-state index >= 15 is 0 Å². The summed E-state index contributed by atoms with van der Waals surface area (Å²) in [5.41, 5.74) is 1.31. The van der Waals surface area contributed by atoms with Crippen molar-refractivity contribution in [1.29, 1.82) is 0 Å². The van der Waals surface area contributed by atoms with Crippen LogP contribution < -0.4 is 0 Å². The standard InChI is InChI=1S/C12H14O/c13-12-8-6-11(7-9-12)10-4-2-1-3-5-10/h2,4,6-10,13H,1,3,5H2. The Hall–Kier alpha value is -1.24. The lowest BCUT2D eigenvalue weighted by Gasteiger charge is -2.16. The smallest absolute Gasteiger partial charge is 0.115 e. The van der Waals surface area contributed by atoms with Crippen molar-refractivity contribution in [2.45, 2.75) is 25.2 Å². The van der Waals surface area contributed by atoms with Crippen LogP contribution in [0.3, 0.4) is 0 Å². The molecule has 1 aliphatic carbocycles. The predicted octanol–water partition coefficient (Wildman–Crippen LogP) is 3.22. The van der Waals surface area contributed by atoms with Crippen LogP contribution in [0.5, 0.6) is 5.75 Å². The molecule has 13 heavy (non-hydrogen) atoms. The van der Waals surface area contributed by atoms with Crippen molar-refractivity contribution in [1.82, 2.24) is 0 Å². The maximum absolute atomic E-state index is 9.14. The lowest BCUT2D eigenvalue weighted by Crippen LogP contribution is -1.98. The second kappa shape index (κ2) is 3.65. The van der Waals surface area contributed by atoms with E-state index in [1.54, 1.807) is 12.1 Å². The van der Waals surface area contributed by atoms with Gasteiger partial charge in [0.25, 0.3) is 0 Å². The van der Waals surface area contributed by atoms with Crippen molar-refractivity contribution >= 4 is 0 Å². The average Bonchev–Trinajstić information content (AvgIpc) is 2.20. The van der Waals surface area contributed by atoms with Crippen LogP contribution in [0, 0.1) is 0 Å². The van der Waals surface area contributed by atoms with Gasteiger partial charge in [0.2, 0.25) is 0 Å². The average molecular weight is 174 g/mol. The highest BCUT2D eigenvalue weighted by Crippen LogP contribution is 2.28. The summed E-state index contributed by atoms with van der Waals surface area (Å²) in [4.78, 5) is 0. The number of hydrogen-bond donors (Lipinski definition) is 1. The third-order valence-electron chi connectivity index (χ3n) is 2.58. The third-order valence-corrected chi connectivity index (χ3v) is 2.58. The molecule has 0 fully saturated rings. The summed E-state index contributed by atoms with van der Waals surface area (Å²) in [7, 11) is 0. The van der Waals surface area contributed by atoms with Gasteiger partial charge in [-0.2, -0.15) is 0 Å². The van der Waals surface area contributed by atoms with Crippen molar-refractivity contribution in [3.8, 4) is 5.75 Å². The van der Waals surface area contributed by atoms with Crippen LogP contribution in [-0.2, 0) is 0 Å². The van der Waals surface area contributed by atoms with Gasteiger partial charge < -0.3 is 5.11 Å². The highest BCUT2D eigenvalue weighted by atomic mass is 16.3. The van der Waals surface area contributed by atoms with Crippen LogP contribution in [-0.4, -0.2) is 5.11 Å². The molecule has 1 atom stereocenters. The summed E-state index contributed by atoms with van der Waals surface area (Å²) in [6.45, 7) is 0. The van der Waals surface area contributed by atoms with Gasteiger partial charge in [0.15, 0.2) is 0 Å². The Balaban J connectivity index is 2.19. The fourth-order valence-corrected chi connectivity index (χ4v) is 1.81. The first-order valence-electron chi connectivity index (χ1n) is 4.82. The van der Waals surface area contributed by atoms with E-state index in [0.29, 0.717) is 11.7 Å². The van der Waals surface area contributed by atoms with Crippen LogP contribution in [0.25, 0.3) is 0 Å². The number of phenols is 1. The van der Waals surface area contributed by atoms with Crippen molar-refractivity contribution in [3.05, 3.63) is 42.0 Å². The molecule has 1 aromatic rings. The molecule has 1 aromatic carbocycles. The Morgan fingerprint density at radius 1 is 1.15 bits per heavy atom. The molecule has 0 saturated heterocycles. The summed E-state index contributed by atoms with van der Waals surface area (Å²) in [5.74, 6) is 0.915. The van der Waals surface area contributed by atoms with E-state index in [2.05, 4.69) is 12.2 Å². The highest BCUT2D eigenvalue weighted by molar-refractivity contribution is 5.30. The first-order valence-corrected chi connectivity index (χ1v) is 4.82. The first-order chi connectivity index (χ1) is 6.36. The van der Waals surface area contributed by atoms with Crippen LogP contribution in [0.4, 0.5) is 0 Å². The maximum Gasteiger partial charge on any atom is 0.115 e. The number of benzene rings is 1. The molecule has 2 rings (SSSR count). The van der Waals surface area contributed by atoms with Gasteiger partial charge in [-0.25, -0.2) is 0 Å². The van der Waals surface area contributed by atoms with Crippen LogP contribution in [0.1, 0.15) is 30.7 Å². The Morgan fingerprint density at radius 2 is 1.92 bits per heavy atom. The Bertz CT molecular complexity index is 297. The number of allylic oxidation sites excluding steroid dienone is 2. The molecule has 0 saturated carbocycles. The van der Waals surface area contributed by atoms with Gasteiger partial charge >= 0.3 is 0 Å². The minimum atomic E-state index is 0.350. The van der Waals surface area contributed by atoms with Gasteiger partial charge in [0, 0.05) is 5.92 Å². The molecule has 1 heteroatoms. The molecule has 68 valence electrons. The van der Waals surface area contributed by atoms with E-state index < -0.39 is 0 Å². The predicted molar refractivity (Wildman–Crippen MR) is 53.8 cm³/mol. The van der Waals surface area contributed by atoms with Gasteiger partial charge in [-0.3, -0.25) is 0 Å². The normalized spacial score (nSPS) is 21.7. The van der Waals surface area contributed by atoms with Crippen LogP contribution in [0.2, 0.25) is 0 Å². The highest BCUT2D eigenvalue weighted by Gasteiger charge is 2.09. The molecule has 0 aliphatic heterocycles. The largest absolute Gasteiger partial charge is 0.508 e. The third kappa shape index (κ3) is 1.92. The molecular formula is C12H14O. The van der Waals surface area contributed by atoms with E-state index in [9.17, 15) is 0 Å². The molecule has 1 unspecified atom stereocenters. The molecule has 0 aromatic heterocycles. The van der Waals surface area contributed by atoms with Gasteiger partial charge in [0.05, 0.1) is 0 Å². The van der Waals surface area contributed by atoms with E-state index in [1.165, 1.54) is 24.8 Å². The lowest BCUT2D eigenvalue weighted by atomic mass is 9.89. The molecule has 0 amide bonds. The van der Waals surface area contributed by atoms with E-state index in [4.69, 9.17) is 5.11 Å². The van der Waals surface area contributed by atoms with Gasteiger partial charge in [0.1, 0.15) is 5.75 Å². The molecule has 0 bridgehead atoms. The zero-order chi connectivity index (χ0) is 9.10. The summed E-state index contributed by atoms with van der Waals surface area (Å²) in [5, 5.41) is 9.14. The minimum absolute atomic E-state index is 0.350. The molecular weight excluding hydrogens is 160 g/mol. The van der Waals surface area contributed by atoms with E-state index in [-0.39, 0.29) is 0 Å². The molecule has 1 nitrogen and oxygen atoms in total. The number of hydrogen-bond acceptors (Lipinski definition) is 1. The van der Waals surface area contributed by atoms with Crippen molar-refractivity contribution in [2.24, 2.45) is 0 Å². The van der Waals surface area contributed by atoms with Crippen molar-refractivity contribution in [3.63, 3.8) is 0 Å². The summed E-state index contributed by atoms with van der Waals surface area (Å²) < 4.78 is 0. The topological polar surface area (TPSA) is 20.2 Å². The molecule has 1 N–H and O–H groups in total. The number of aromatic hydroxyl groups is 1. The van der Waals surface area contributed by atoms with Crippen LogP contribution in [0.15, 0.2) is 36.4 Å². The van der Waals surface area contributed by atoms with E-state index in [0.717, 1.165) is 0 Å². The second-order valence-electron chi connectivity index (χ2n) is 3.56. The molecule has 0 radical (unpaired) electrons. The number of phenolic OH excluding ortho intramolecular Hbond substituents is 1.